The van der Waals surface area contributed by atoms with Crippen LogP contribution in [0.5, 0.6) is 0 Å². The predicted octanol–water partition coefficient (Wildman–Crippen LogP) is 12.2. The van der Waals surface area contributed by atoms with Crippen LogP contribution in [0.3, 0.4) is 0 Å². The Morgan fingerprint density at radius 2 is 0.679 bits per heavy atom. The largest absolute Gasteiger partial charge is 0.354 e. The smallest absolute Gasteiger partial charge is 0.0738 e. The van der Waals surface area contributed by atoms with E-state index in [4.69, 9.17) is 16.4 Å². The Hall–Kier alpha value is -6.96. The average molecular weight is 681 g/mol. The van der Waals surface area contributed by atoms with Crippen LogP contribution in [0.2, 0.25) is 0 Å². The first kappa shape index (κ1) is 32.0. The van der Waals surface area contributed by atoms with Crippen LogP contribution in [0, 0.1) is 33.1 Å². The molecule has 0 spiro atoms. The van der Waals surface area contributed by atoms with Crippen LogP contribution in [0.15, 0.2) is 121 Å². The van der Waals surface area contributed by atoms with Gasteiger partial charge in [-0.25, -0.2) is 9.97 Å². The number of hydrogen-bond acceptors (Lipinski definition) is 2. The maximum absolute atomic E-state index is 5.77. The fourth-order valence-corrected chi connectivity index (χ4v) is 7.31. The number of terminal acetylenes is 1. The van der Waals surface area contributed by atoms with Gasteiger partial charge in [0.2, 0.25) is 0 Å². The summed E-state index contributed by atoms with van der Waals surface area (Å²) in [6, 6.07) is 42.8. The number of aryl methyl sites for hydroxylation is 3. The van der Waals surface area contributed by atoms with Crippen LogP contribution in [0.25, 0.3) is 90.9 Å². The third-order valence-electron chi connectivity index (χ3n) is 10.1. The number of rotatable bonds is 4. The van der Waals surface area contributed by atoms with E-state index in [9.17, 15) is 0 Å². The lowest BCUT2D eigenvalue weighted by atomic mass is 10.0. The molecule has 0 fully saturated rings. The molecule has 252 valence electrons. The highest BCUT2D eigenvalue weighted by Crippen LogP contribution is 2.38. The van der Waals surface area contributed by atoms with Crippen molar-refractivity contribution < 1.29 is 0 Å². The molecule has 53 heavy (non-hydrogen) atoms. The van der Waals surface area contributed by atoms with Gasteiger partial charge in [-0.15, -0.1) is 6.42 Å². The van der Waals surface area contributed by atoms with Crippen LogP contribution in [0.4, 0.5) is 0 Å². The van der Waals surface area contributed by atoms with E-state index in [1.54, 1.807) is 0 Å². The molecule has 0 aliphatic carbocycles. The summed E-state index contributed by atoms with van der Waals surface area (Å²) in [5.41, 5.74) is 20.2. The molecule has 9 rings (SSSR count). The molecule has 4 aromatic carbocycles. The number of nitrogens with one attached hydrogen (secondary N) is 2. The molecule has 0 unspecified atom stereocenters. The highest BCUT2D eigenvalue weighted by molar-refractivity contribution is 6.00. The number of benzene rings is 4. The Labute approximate surface area is 309 Å². The van der Waals surface area contributed by atoms with Crippen molar-refractivity contribution in [2.75, 3.05) is 0 Å². The molecule has 7 aromatic rings. The Kier molecular flexibility index (Phi) is 7.83. The van der Waals surface area contributed by atoms with Gasteiger partial charge >= 0.3 is 0 Å². The molecular weight excluding hydrogens is 645 g/mol. The Morgan fingerprint density at radius 1 is 0.377 bits per heavy atom. The zero-order valence-corrected chi connectivity index (χ0v) is 29.8. The zero-order valence-electron chi connectivity index (χ0n) is 29.8. The monoisotopic (exact) mass is 680 g/mol. The summed E-state index contributed by atoms with van der Waals surface area (Å²) in [6.07, 6.45) is 14.3. The van der Waals surface area contributed by atoms with Crippen molar-refractivity contribution in [2.45, 2.75) is 20.8 Å². The van der Waals surface area contributed by atoms with E-state index in [0.29, 0.717) is 0 Å². The molecule has 4 heteroatoms. The molecule has 8 bridgehead atoms. The molecule has 3 aromatic heterocycles. The number of hydrogen-bond donors (Lipinski definition) is 2. The van der Waals surface area contributed by atoms with Crippen LogP contribution in [0.1, 0.15) is 45.0 Å². The first-order chi connectivity index (χ1) is 25.9. The molecule has 0 saturated heterocycles. The molecule has 2 aliphatic rings. The zero-order chi connectivity index (χ0) is 36.1. The van der Waals surface area contributed by atoms with Gasteiger partial charge in [0.25, 0.3) is 0 Å². The predicted molar refractivity (Wildman–Crippen MR) is 223 cm³/mol. The molecule has 0 radical (unpaired) electrons. The van der Waals surface area contributed by atoms with Gasteiger partial charge in [0, 0.05) is 49.9 Å². The Bertz CT molecular complexity index is 2670. The molecule has 0 amide bonds. The van der Waals surface area contributed by atoms with Crippen molar-refractivity contribution in [3.63, 3.8) is 0 Å². The van der Waals surface area contributed by atoms with Crippen LogP contribution < -0.4 is 0 Å². The fraction of sp³-hybridized carbons (Fsp3) is 0.0612. The summed E-state index contributed by atoms with van der Waals surface area (Å²) in [4.78, 5) is 18.4. The van der Waals surface area contributed by atoms with E-state index in [1.165, 1.54) is 16.7 Å². The van der Waals surface area contributed by atoms with Gasteiger partial charge in [-0.3, -0.25) is 0 Å². The standard InChI is InChI=1S/C49H36N4/c1-5-33-12-20-37(21-13-33)49-44-28-26-42(52-44)47(35-16-8-31(3)9-17-35)40-24-22-38(50-40)46(34-14-6-30(2)7-15-34)39-23-25-41(51-39)48(43-27-29-45(49)53-43)36-18-10-32(4)11-19-36/h1,6-29,52-53H,2-4H3. The maximum Gasteiger partial charge on any atom is 0.0738 e. The summed E-state index contributed by atoms with van der Waals surface area (Å²) in [5.74, 6) is 2.76. The second kappa shape index (κ2) is 13.0. The molecule has 2 N–H and O–H groups in total. The van der Waals surface area contributed by atoms with Gasteiger partial charge < -0.3 is 9.97 Å². The van der Waals surface area contributed by atoms with Crippen molar-refractivity contribution in [3.8, 4) is 56.9 Å². The van der Waals surface area contributed by atoms with Crippen LogP contribution in [-0.4, -0.2) is 19.9 Å². The summed E-state index contributed by atoms with van der Waals surface area (Å²) in [5, 5.41) is 0. The summed E-state index contributed by atoms with van der Waals surface area (Å²) >= 11 is 0. The van der Waals surface area contributed by atoms with Crippen LogP contribution in [-0.2, 0) is 0 Å². The molecule has 0 atom stereocenters. The number of nitrogens with zero attached hydrogens (tertiary/aromatic N) is 2. The minimum Gasteiger partial charge on any atom is -0.354 e. The van der Waals surface area contributed by atoms with Gasteiger partial charge in [0.15, 0.2) is 0 Å². The lowest BCUT2D eigenvalue weighted by Crippen LogP contribution is -1.91. The number of aromatic nitrogens is 4. The van der Waals surface area contributed by atoms with E-state index >= 15 is 0 Å². The van der Waals surface area contributed by atoms with E-state index < -0.39 is 0 Å². The van der Waals surface area contributed by atoms with E-state index in [1.807, 2.05) is 12.1 Å². The average Bonchev–Trinajstić information content (AvgIpc) is 4.02. The first-order valence-electron chi connectivity index (χ1n) is 17.9. The van der Waals surface area contributed by atoms with Crippen molar-refractivity contribution in [3.05, 3.63) is 166 Å². The Balaban J connectivity index is 1.46. The topological polar surface area (TPSA) is 57.4 Å². The number of aromatic amines is 2. The van der Waals surface area contributed by atoms with Gasteiger partial charge in [-0.05, 0) is 104 Å². The third kappa shape index (κ3) is 5.89. The number of H-pyrrole nitrogens is 2. The molecule has 4 nitrogen and oxygen atoms in total. The second-order valence-electron chi connectivity index (χ2n) is 13.8. The summed E-state index contributed by atoms with van der Waals surface area (Å²) < 4.78 is 0. The summed E-state index contributed by atoms with van der Waals surface area (Å²) in [7, 11) is 0. The second-order valence-corrected chi connectivity index (χ2v) is 13.8. The van der Waals surface area contributed by atoms with Gasteiger partial charge in [-0.2, -0.15) is 0 Å². The normalized spacial score (nSPS) is 11.9. The lowest BCUT2D eigenvalue weighted by Gasteiger charge is -2.08. The maximum atomic E-state index is 5.77. The first-order valence-corrected chi connectivity index (χ1v) is 17.9. The van der Waals surface area contributed by atoms with E-state index in [-0.39, 0.29) is 0 Å². The quantitative estimate of drug-likeness (QED) is 0.182. The molecule has 5 heterocycles. The van der Waals surface area contributed by atoms with Crippen molar-refractivity contribution >= 4 is 46.4 Å². The SMILES string of the molecule is C#Cc1ccc(-c2c3ccc([nH]3)c(-c3ccc(C)cc3)c3nc(c(-c4ccc(C)cc4)c4nc(c(-c5ccc(C)cc5)c5ccc2[nH]5)C=C4)C=C3)cc1. The molecule has 0 saturated carbocycles. The third-order valence-corrected chi connectivity index (χ3v) is 10.1. The highest BCUT2D eigenvalue weighted by Gasteiger charge is 2.19. The van der Waals surface area contributed by atoms with Crippen molar-refractivity contribution in [2.24, 2.45) is 0 Å². The van der Waals surface area contributed by atoms with Gasteiger partial charge in [0.05, 0.1) is 22.8 Å². The minimum atomic E-state index is 0.838. The fourth-order valence-electron chi connectivity index (χ4n) is 7.31. The van der Waals surface area contributed by atoms with Crippen molar-refractivity contribution in [1.29, 1.82) is 0 Å². The number of fused-ring (bicyclic) bond motifs is 8. The van der Waals surface area contributed by atoms with Gasteiger partial charge in [-0.1, -0.05) is 108 Å². The van der Waals surface area contributed by atoms with Gasteiger partial charge in [0.1, 0.15) is 0 Å². The van der Waals surface area contributed by atoms with Crippen LogP contribution >= 0.6 is 0 Å². The lowest BCUT2D eigenvalue weighted by molar-refractivity contribution is 1.27. The van der Waals surface area contributed by atoms with E-state index in [2.05, 4.69) is 170 Å². The van der Waals surface area contributed by atoms with Crippen molar-refractivity contribution in [1.82, 2.24) is 19.9 Å². The highest BCUT2D eigenvalue weighted by atomic mass is 14.8. The molecular formula is C49H36N4. The molecule has 2 aliphatic heterocycles. The summed E-state index contributed by atoms with van der Waals surface area (Å²) in [6.45, 7) is 6.34. The van der Waals surface area contributed by atoms with E-state index in [0.717, 1.165) is 94.9 Å². The minimum absolute atomic E-state index is 0.838. The Morgan fingerprint density at radius 3 is 1.06 bits per heavy atom.